The van der Waals surface area contributed by atoms with Crippen molar-refractivity contribution in [1.29, 1.82) is 0 Å². The van der Waals surface area contributed by atoms with E-state index in [0.29, 0.717) is 13.1 Å². The number of hydrogen-bond acceptors (Lipinski definition) is 5. The van der Waals surface area contributed by atoms with Gasteiger partial charge in [-0.1, -0.05) is 0 Å². The van der Waals surface area contributed by atoms with E-state index in [1.54, 1.807) is 17.0 Å². The number of anilines is 1. The largest absolute Gasteiger partial charge is 0.506 e. The second kappa shape index (κ2) is 6.20. The van der Waals surface area contributed by atoms with Gasteiger partial charge in [0.1, 0.15) is 17.2 Å². The molecule has 0 aliphatic carbocycles. The minimum absolute atomic E-state index is 0.153. The summed E-state index contributed by atoms with van der Waals surface area (Å²) in [4.78, 5) is 17.8. The number of aromatic hydroxyl groups is 1. The fraction of sp³-hybridized carbons (Fsp3) is 0.600. The number of rotatable bonds is 2. The van der Waals surface area contributed by atoms with Gasteiger partial charge in [0.15, 0.2) is 0 Å². The van der Waals surface area contributed by atoms with Gasteiger partial charge in [-0.15, -0.1) is 0 Å². The lowest BCUT2D eigenvalue weighted by Crippen LogP contribution is -2.44. The van der Waals surface area contributed by atoms with Crippen molar-refractivity contribution >= 4 is 11.9 Å². The van der Waals surface area contributed by atoms with E-state index in [0.717, 1.165) is 18.7 Å². The molecule has 0 bridgehead atoms. The fourth-order valence-corrected chi connectivity index (χ4v) is 2.21. The standard InChI is InChI=1S/C15H23N3O3/c1-15(2,3)21-14(20)18-8-6-11(7-9-18)17-13-5-4-12(19)10-16-13/h4-5,10-11,19H,6-9H2,1-3H3,(H,16,17). The predicted octanol–water partition coefficient (Wildman–Crippen LogP) is 2.60. The van der Waals surface area contributed by atoms with Crippen LogP contribution in [0.25, 0.3) is 0 Å². The highest BCUT2D eigenvalue weighted by Crippen LogP contribution is 2.18. The number of likely N-dealkylation sites (tertiary alicyclic amines) is 1. The number of aromatic nitrogens is 1. The van der Waals surface area contributed by atoms with Gasteiger partial charge in [-0.05, 0) is 45.7 Å². The fourth-order valence-electron chi connectivity index (χ4n) is 2.21. The van der Waals surface area contributed by atoms with Gasteiger partial charge >= 0.3 is 6.09 Å². The average molecular weight is 293 g/mol. The van der Waals surface area contributed by atoms with Crippen LogP contribution in [-0.4, -0.2) is 45.8 Å². The molecule has 21 heavy (non-hydrogen) atoms. The third-order valence-corrected chi connectivity index (χ3v) is 3.25. The van der Waals surface area contributed by atoms with Gasteiger partial charge in [0.25, 0.3) is 0 Å². The lowest BCUT2D eigenvalue weighted by Gasteiger charge is -2.33. The zero-order chi connectivity index (χ0) is 15.5. The Morgan fingerprint density at radius 1 is 1.38 bits per heavy atom. The van der Waals surface area contributed by atoms with Crippen LogP contribution in [0.4, 0.5) is 10.6 Å². The van der Waals surface area contributed by atoms with E-state index in [1.807, 2.05) is 20.8 Å². The van der Waals surface area contributed by atoms with Crippen LogP contribution < -0.4 is 5.32 Å². The van der Waals surface area contributed by atoms with Crippen molar-refractivity contribution in [3.05, 3.63) is 18.3 Å². The maximum absolute atomic E-state index is 12.0. The molecule has 0 unspecified atom stereocenters. The van der Waals surface area contributed by atoms with Crippen molar-refractivity contribution in [3.63, 3.8) is 0 Å². The molecule has 0 radical (unpaired) electrons. The Balaban J connectivity index is 1.80. The highest BCUT2D eigenvalue weighted by molar-refractivity contribution is 5.68. The Labute approximate surface area is 125 Å². The summed E-state index contributed by atoms with van der Waals surface area (Å²) in [6, 6.07) is 3.63. The molecule has 0 atom stereocenters. The molecule has 6 nitrogen and oxygen atoms in total. The smallest absolute Gasteiger partial charge is 0.410 e. The van der Waals surface area contributed by atoms with Crippen LogP contribution >= 0.6 is 0 Å². The van der Waals surface area contributed by atoms with Gasteiger partial charge in [-0.2, -0.15) is 0 Å². The SMILES string of the molecule is CC(C)(C)OC(=O)N1CCC(Nc2ccc(O)cn2)CC1. The summed E-state index contributed by atoms with van der Waals surface area (Å²) in [5.41, 5.74) is -0.456. The van der Waals surface area contributed by atoms with Gasteiger partial charge < -0.3 is 20.1 Å². The number of hydrogen-bond donors (Lipinski definition) is 2. The number of amides is 1. The minimum atomic E-state index is -0.456. The average Bonchev–Trinajstić information content (AvgIpc) is 2.40. The molecule has 0 spiro atoms. The number of nitrogens with one attached hydrogen (secondary N) is 1. The summed E-state index contributed by atoms with van der Waals surface area (Å²) < 4.78 is 5.37. The van der Waals surface area contributed by atoms with Crippen LogP contribution in [0.3, 0.4) is 0 Å². The molecule has 2 N–H and O–H groups in total. The zero-order valence-electron chi connectivity index (χ0n) is 12.8. The van der Waals surface area contributed by atoms with Crippen molar-refractivity contribution < 1.29 is 14.6 Å². The zero-order valence-corrected chi connectivity index (χ0v) is 12.8. The summed E-state index contributed by atoms with van der Waals surface area (Å²) in [7, 11) is 0. The number of pyridine rings is 1. The summed E-state index contributed by atoms with van der Waals surface area (Å²) in [5, 5.41) is 12.5. The third-order valence-electron chi connectivity index (χ3n) is 3.25. The Morgan fingerprint density at radius 2 is 2.05 bits per heavy atom. The van der Waals surface area contributed by atoms with Crippen LogP contribution in [0.5, 0.6) is 5.75 Å². The Kier molecular flexibility index (Phi) is 4.55. The number of ether oxygens (including phenoxy) is 1. The summed E-state index contributed by atoms with van der Waals surface area (Å²) >= 11 is 0. The lowest BCUT2D eigenvalue weighted by molar-refractivity contribution is 0.0210. The van der Waals surface area contributed by atoms with Crippen LogP contribution in [0, 0.1) is 0 Å². The maximum Gasteiger partial charge on any atom is 0.410 e. The van der Waals surface area contributed by atoms with E-state index in [2.05, 4.69) is 10.3 Å². The molecule has 1 aromatic heterocycles. The lowest BCUT2D eigenvalue weighted by atomic mass is 10.1. The first-order valence-electron chi connectivity index (χ1n) is 7.23. The van der Waals surface area contributed by atoms with Gasteiger partial charge in [0.05, 0.1) is 6.20 Å². The van der Waals surface area contributed by atoms with Crippen LogP contribution in [-0.2, 0) is 4.74 Å². The van der Waals surface area contributed by atoms with Gasteiger partial charge in [-0.25, -0.2) is 9.78 Å². The molecule has 1 saturated heterocycles. The monoisotopic (exact) mass is 293 g/mol. The van der Waals surface area contributed by atoms with Gasteiger partial charge in [-0.3, -0.25) is 0 Å². The second-order valence-electron chi connectivity index (χ2n) is 6.29. The van der Waals surface area contributed by atoms with Crippen molar-refractivity contribution in [2.45, 2.75) is 45.3 Å². The first-order chi connectivity index (χ1) is 9.83. The van der Waals surface area contributed by atoms with E-state index in [1.165, 1.54) is 6.20 Å². The van der Waals surface area contributed by atoms with Gasteiger partial charge in [0.2, 0.25) is 0 Å². The molecule has 2 rings (SSSR count). The molecule has 116 valence electrons. The molecule has 0 saturated carbocycles. The predicted molar refractivity (Wildman–Crippen MR) is 80.4 cm³/mol. The van der Waals surface area contributed by atoms with E-state index in [-0.39, 0.29) is 17.9 Å². The summed E-state index contributed by atoms with van der Waals surface area (Å²) in [5.74, 6) is 0.892. The van der Waals surface area contributed by atoms with Crippen LogP contribution in [0.1, 0.15) is 33.6 Å². The molecule has 6 heteroatoms. The number of piperidine rings is 1. The van der Waals surface area contributed by atoms with E-state index in [9.17, 15) is 9.90 Å². The molecule has 0 aromatic carbocycles. The Morgan fingerprint density at radius 3 is 2.57 bits per heavy atom. The molecule has 1 aliphatic heterocycles. The first kappa shape index (κ1) is 15.4. The summed E-state index contributed by atoms with van der Waals surface area (Å²) in [6.07, 6.45) is 2.87. The minimum Gasteiger partial charge on any atom is -0.506 e. The number of carbonyl (C=O) groups is 1. The topological polar surface area (TPSA) is 74.7 Å². The highest BCUT2D eigenvalue weighted by atomic mass is 16.6. The van der Waals surface area contributed by atoms with E-state index >= 15 is 0 Å². The van der Waals surface area contributed by atoms with Gasteiger partial charge in [0, 0.05) is 19.1 Å². The molecular formula is C15H23N3O3. The van der Waals surface area contributed by atoms with Crippen molar-refractivity contribution in [3.8, 4) is 5.75 Å². The van der Waals surface area contributed by atoms with Crippen LogP contribution in [0.2, 0.25) is 0 Å². The summed E-state index contributed by atoms with van der Waals surface area (Å²) in [6.45, 7) is 6.95. The Hall–Kier alpha value is -1.98. The first-order valence-corrected chi connectivity index (χ1v) is 7.23. The normalized spacial score (nSPS) is 16.6. The molecule has 2 heterocycles. The van der Waals surface area contributed by atoms with Crippen molar-refractivity contribution in [2.24, 2.45) is 0 Å². The highest BCUT2D eigenvalue weighted by Gasteiger charge is 2.26. The number of nitrogens with zero attached hydrogens (tertiary/aromatic N) is 2. The molecule has 1 amide bonds. The van der Waals surface area contributed by atoms with Crippen molar-refractivity contribution in [1.82, 2.24) is 9.88 Å². The van der Waals surface area contributed by atoms with Crippen LogP contribution in [0.15, 0.2) is 18.3 Å². The second-order valence-corrected chi connectivity index (χ2v) is 6.29. The quantitative estimate of drug-likeness (QED) is 0.876. The van der Waals surface area contributed by atoms with Crippen molar-refractivity contribution in [2.75, 3.05) is 18.4 Å². The molecule has 1 aromatic rings. The van der Waals surface area contributed by atoms with E-state index in [4.69, 9.17) is 4.74 Å². The Bertz CT molecular complexity index is 474. The van der Waals surface area contributed by atoms with E-state index < -0.39 is 5.60 Å². The maximum atomic E-state index is 12.0. The molecule has 1 aliphatic rings. The number of carbonyl (C=O) groups excluding carboxylic acids is 1. The molecule has 1 fully saturated rings. The molecular weight excluding hydrogens is 270 g/mol. The third kappa shape index (κ3) is 4.81.